The molecule has 0 radical (unpaired) electrons. The van der Waals surface area contributed by atoms with Crippen molar-refractivity contribution in [2.45, 2.75) is 6.54 Å². The normalized spacial score (nSPS) is 11.3. The monoisotopic (exact) mass is 298 g/mol. The lowest BCUT2D eigenvalue weighted by atomic mass is 10.2. The first-order valence-electron chi connectivity index (χ1n) is 6.49. The molecular weight excluding hydrogens is 287 g/mol. The molecule has 0 amide bonds. The van der Waals surface area contributed by atoms with Crippen molar-refractivity contribution in [3.8, 4) is 11.4 Å². The third-order valence-electron chi connectivity index (χ3n) is 3.29. The van der Waals surface area contributed by atoms with Crippen LogP contribution in [0, 0.1) is 5.82 Å². The largest absolute Gasteiger partial charge is 0.335 e. The molecule has 0 spiro atoms. The lowest BCUT2D eigenvalue weighted by Crippen LogP contribution is -2.00. The van der Waals surface area contributed by atoms with E-state index in [0.717, 1.165) is 22.6 Å². The Morgan fingerprint density at radius 3 is 2.81 bits per heavy atom. The maximum Gasteiger partial charge on any atom is 0.177 e. The molecule has 0 fully saturated rings. The van der Waals surface area contributed by atoms with E-state index in [1.54, 1.807) is 29.7 Å². The van der Waals surface area contributed by atoms with E-state index in [1.165, 1.54) is 17.0 Å². The second kappa shape index (κ2) is 4.82. The third kappa shape index (κ3) is 2.23. The van der Waals surface area contributed by atoms with E-state index >= 15 is 0 Å². The number of fused-ring (bicyclic) bond motifs is 1. The average Bonchev–Trinajstić information content (AvgIpc) is 3.19. The van der Waals surface area contributed by atoms with E-state index in [9.17, 15) is 4.39 Å². The summed E-state index contributed by atoms with van der Waals surface area (Å²) in [6, 6.07) is 10.4. The first-order chi connectivity index (χ1) is 10.3. The Kier molecular flexibility index (Phi) is 2.82. The van der Waals surface area contributed by atoms with E-state index in [-0.39, 0.29) is 5.82 Å². The summed E-state index contributed by atoms with van der Waals surface area (Å²) in [6.45, 7) is 0.703. The van der Waals surface area contributed by atoms with Gasteiger partial charge in [0.25, 0.3) is 0 Å². The van der Waals surface area contributed by atoms with E-state index in [0.29, 0.717) is 6.54 Å². The molecule has 4 nitrogen and oxygen atoms in total. The van der Waals surface area contributed by atoms with Crippen LogP contribution in [-0.4, -0.2) is 19.7 Å². The van der Waals surface area contributed by atoms with Crippen LogP contribution in [0.2, 0.25) is 0 Å². The van der Waals surface area contributed by atoms with Crippen LogP contribution in [0.5, 0.6) is 0 Å². The first-order valence-corrected chi connectivity index (χ1v) is 7.37. The molecule has 104 valence electrons. The van der Waals surface area contributed by atoms with Gasteiger partial charge < -0.3 is 4.98 Å². The van der Waals surface area contributed by atoms with Gasteiger partial charge in [0.15, 0.2) is 5.65 Å². The fraction of sp³-hybridized carbons (Fsp3) is 0.0667. The number of imidazole rings is 1. The number of nitrogens with one attached hydrogen (secondary N) is 1. The standard InChI is InChI=1S/C15H11FN4S/c16-11-5-3-10(4-6-11)14-18-13-8-17-20(15(13)19-14)9-12-2-1-7-21-12/h1-8H,9H2,(H,18,19). The molecule has 4 rings (SSSR count). The zero-order chi connectivity index (χ0) is 14.2. The molecular formula is C15H11FN4S. The Balaban J connectivity index is 1.73. The SMILES string of the molecule is Fc1ccc(-c2nc3c(cnn3Cc3cccs3)[nH]2)cc1. The molecule has 1 N–H and O–H groups in total. The van der Waals surface area contributed by atoms with Crippen LogP contribution in [0.3, 0.4) is 0 Å². The average molecular weight is 298 g/mol. The van der Waals surface area contributed by atoms with Gasteiger partial charge in [0, 0.05) is 10.4 Å². The molecule has 0 atom stereocenters. The third-order valence-corrected chi connectivity index (χ3v) is 4.15. The van der Waals surface area contributed by atoms with Crippen LogP contribution in [0.15, 0.2) is 48.0 Å². The maximum atomic E-state index is 13.0. The second-order valence-electron chi connectivity index (χ2n) is 4.71. The fourth-order valence-corrected chi connectivity index (χ4v) is 2.94. The van der Waals surface area contributed by atoms with Crippen molar-refractivity contribution in [2.24, 2.45) is 0 Å². The van der Waals surface area contributed by atoms with E-state index in [2.05, 4.69) is 21.1 Å². The molecule has 0 saturated carbocycles. The van der Waals surface area contributed by atoms with Crippen LogP contribution in [0.1, 0.15) is 4.88 Å². The van der Waals surface area contributed by atoms with Crippen molar-refractivity contribution in [2.75, 3.05) is 0 Å². The summed E-state index contributed by atoms with van der Waals surface area (Å²) in [4.78, 5) is 9.03. The van der Waals surface area contributed by atoms with Gasteiger partial charge in [-0.05, 0) is 35.7 Å². The summed E-state index contributed by atoms with van der Waals surface area (Å²) in [5, 5.41) is 6.39. The summed E-state index contributed by atoms with van der Waals surface area (Å²) in [7, 11) is 0. The predicted octanol–water partition coefficient (Wildman–Crippen LogP) is 3.68. The summed E-state index contributed by atoms with van der Waals surface area (Å²) < 4.78 is 14.8. The lowest BCUT2D eigenvalue weighted by molar-refractivity contribution is 0.628. The van der Waals surface area contributed by atoms with E-state index in [4.69, 9.17) is 0 Å². The molecule has 0 unspecified atom stereocenters. The van der Waals surface area contributed by atoms with E-state index < -0.39 is 0 Å². The fourth-order valence-electron chi connectivity index (χ4n) is 2.26. The predicted molar refractivity (Wildman–Crippen MR) is 80.7 cm³/mol. The molecule has 6 heteroatoms. The molecule has 0 aliphatic rings. The Hall–Kier alpha value is -2.47. The Bertz CT molecular complexity index is 874. The summed E-state index contributed by atoms with van der Waals surface area (Å²) in [5.41, 5.74) is 2.55. The number of nitrogens with zero attached hydrogens (tertiary/aromatic N) is 3. The number of rotatable bonds is 3. The molecule has 0 aliphatic heterocycles. The molecule has 3 heterocycles. The van der Waals surface area contributed by atoms with Gasteiger partial charge in [-0.3, -0.25) is 0 Å². The number of thiophene rings is 1. The van der Waals surface area contributed by atoms with Gasteiger partial charge in [-0.15, -0.1) is 11.3 Å². The minimum absolute atomic E-state index is 0.251. The van der Waals surface area contributed by atoms with Gasteiger partial charge in [-0.25, -0.2) is 14.1 Å². The highest BCUT2D eigenvalue weighted by Gasteiger charge is 2.11. The zero-order valence-electron chi connectivity index (χ0n) is 11.0. The highest BCUT2D eigenvalue weighted by molar-refractivity contribution is 7.09. The molecule has 4 aromatic rings. The van der Waals surface area contributed by atoms with Crippen LogP contribution >= 0.6 is 11.3 Å². The van der Waals surface area contributed by atoms with Crippen molar-refractivity contribution in [1.29, 1.82) is 0 Å². The molecule has 21 heavy (non-hydrogen) atoms. The quantitative estimate of drug-likeness (QED) is 0.627. The van der Waals surface area contributed by atoms with Crippen molar-refractivity contribution >= 4 is 22.5 Å². The number of hydrogen-bond acceptors (Lipinski definition) is 3. The van der Waals surface area contributed by atoms with Crippen LogP contribution in [-0.2, 0) is 6.54 Å². The van der Waals surface area contributed by atoms with Gasteiger partial charge in [0.1, 0.15) is 17.2 Å². The van der Waals surface area contributed by atoms with Crippen LogP contribution in [0.4, 0.5) is 4.39 Å². The van der Waals surface area contributed by atoms with E-state index in [1.807, 2.05) is 16.1 Å². The maximum absolute atomic E-state index is 13.0. The molecule has 1 aromatic carbocycles. The van der Waals surface area contributed by atoms with Gasteiger partial charge in [0.2, 0.25) is 0 Å². The van der Waals surface area contributed by atoms with Crippen LogP contribution in [0.25, 0.3) is 22.6 Å². The highest BCUT2D eigenvalue weighted by atomic mass is 32.1. The molecule has 0 aliphatic carbocycles. The Morgan fingerprint density at radius 1 is 1.19 bits per heavy atom. The number of benzene rings is 1. The molecule has 0 bridgehead atoms. The lowest BCUT2D eigenvalue weighted by Gasteiger charge is -1.98. The molecule has 3 aromatic heterocycles. The number of halogens is 1. The van der Waals surface area contributed by atoms with Gasteiger partial charge in [-0.1, -0.05) is 6.07 Å². The number of H-pyrrole nitrogens is 1. The Labute approximate surface area is 123 Å². The number of hydrogen-bond donors (Lipinski definition) is 1. The van der Waals surface area contributed by atoms with Gasteiger partial charge in [-0.2, -0.15) is 5.10 Å². The summed E-state index contributed by atoms with van der Waals surface area (Å²) in [5.74, 6) is 0.473. The summed E-state index contributed by atoms with van der Waals surface area (Å²) in [6.07, 6.45) is 1.77. The van der Waals surface area contributed by atoms with Crippen molar-refractivity contribution < 1.29 is 4.39 Å². The minimum Gasteiger partial charge on any atom is -0.335 e. The van der Waals surface area contributed by atoms with Crippen molar-refractivity contribution in [1.82, 2.24) is 19.7 Å². The first kappa shape index (κ1) is 12.3. The molecule has 0 saturated heterocycles. The van der Waals surface area contributed by atoms with Crippen molar-refractivity contribution in [3.63, 3.8) is 0 Å². The zero-order valence-corrected chi connectivity index (χ0v) is 11.8. The van der Waals surface area contributed by atoms with Gasteiger partial charge in [0.05, 0.1) is 12.7 Å². The Morgan fingerprint density at radius 2 is 2.05 bits per heavy atom. The second-order valence-corrected chi connectivity index (χ2v) is 5.74. The number of aromatic amines is 1. The number of aromatic nitrogens is 4. The summed E-state index contributed by atoms with van der Waals surface area (Å²) >= 11 is 1.69. The smallest absolute Gasteiger partial charge is 0.177 e. The van der Waals surface area contributed by atoms with Crippen molar-refractivity contribution in [3.05, 3.63) is 58.7 Å². The van der Waals surface area contributed by atoms with Gasteiger partial charge >= 0.3 is 0 Å². The topological polar surface area (TPSA) is 46.5 Å². The highest BCUT2D eigenvalue weighted by Crippen LogP contribution is 2.21. The van der Waals surface area contributed by atoms with Crippen LogP contribution < -0.4 is 0 Å². The minimum atomic E-state index is -0.251.